The fourth-order valence-corrected chi connectivity index (χ4v) is 1.87. The number of amides is 1. The highest BCUT2D eigenvalue weighted by molar-refractivity contribution is 5.83. The van der Waals surface area contributed by atoms with Gasteiger partial charge in [0.05, 0.1) is 11.8 Å². The van der Waals surface area contributed by atoms with E-state index in [1.165, 1.54) is 12.1 Å². The molecule has 0 heterocycles. The largest absolute Gasteiger partial charge is 0.483 e. The summed E-state index contributed by atoms with van der Waals surface area (Å²) in [4.78, 5) is 11.6. The van der Waals surface area contributed by atoms with Crippen LogP contribution in [-0.4, -0.2) is 18.7 Å². The number of benzene rings is 2. The quantitative estimate of drug-likeness (QED) is 0.671. The zero-order valence-corrected chi connectivity index (χ0v) is 12.8. The molecule has 0 aliphatic heterocycles. The van der Waals surface area contributed by atoms with E-state index in [4.69, 9.17) is 4.74 Å². The van der Waals surface area contributed by atoms with E-state index < -0.39 is 17.6 Å². The monoisotopic (exact) mass is 336 g/mol. The Morgan fingerprint density at radius 1 is 1.21 bits per heavy atom. The number of ether oxygens (including phenoxy) is 1. The van der Waals surface area contributed by atoms with E-state index in [-0.39, 0.29) is 12.2 Å². The molecule has 0 radical (unpaired) electrons. The fraction of sp³-hybridized carbons (Fsp3) is 0.176. The van der Waals surface area contributed by atoms with Crippen LogP contribution in [0.4, 0.5) is 13.2 Å². The standard InChI is InChI=1S/C17H15F3N2O2/c1-12-5-2-3-8-15(12)24-11-16(23)22-21-10-13-6-4-7-14(9-13)17(18,19)20/h2-10H,11H2,1H3,(H,22,23)/b21-10+. The van der Waals surface area contributed by atoms with Crippen LogP contribution in [0.1, 0.15) is 16.7 Å². The van der Waals surface area contributed by atoms with Crippen LogP contribution in [-0.2, 0) is 11.0 Å². The van der Waals surface area contributed by atoms with Crippen LogP contribution in [0.2, 0.25) is 0 Å². The zero-order chi connectivity index (χ0) is 17.6. The molecule has 7 heteroatoms. The first kappa shape index (κ1) is 17.5. The van der Waals surface area contributed by atoms with Crippen LogP contribution in [0.25, 0.3) is 0 Å². The molecule has 4 nitrogen and oxygen atoms in total. The second kappa shape index (κ2) is 7.63. The summed E-state index contributed by atoms with van der Waals surface area (Å²) < 4.78 is 43.1. The minimum atomic E-state index is -4.42. The molecule has 0 fully saturated rings. The van der Waals surface area contributed by atoms with Crippen molar-refractivity contribution < 1.29 is 22.7 Å². The van der Waals surface area contributed by atoms with Gasteiger partial charge < -0.3 is 4.74 Å². The number of nitrogens with one attached hydrogen (secondary N) is 1. The van der Waals surface area contributed by atoms with Crippen LogP contribution in [0.15, 0.2) is 53.6 Å². The second-order valence-electron chi connectivity index (χ2n) is 4.97. The molecule has 2 aromatic carbocycles. The maximum atomic E-state index is 12.6. The van der Waals surface area contributed by atoms with E-state index in [1.54, 1.807) is 12.1 Å². The minimum absolute atomic E-state index is 0.227. The number of alkyl halides is 3. The average Bonchev–Trinajstić information content (AvgIpc) is 2.54. The van der Waals surface area contributed by atoms with Gasteiger partial charge in [0.1, 0.15) is 5.75 Å². The van der Waals surface area contributed by atoms with Crippen molar-refractivity contribution in [2.75, 3.05) is 6.61 Å². The van der Waals surface area contributed by atoms with Gasteiger partial charge in [-0.05, 0) is 36.2 Å². The average molecular weight is 336 g/mol. The van der Waals surface area contributed by atoms with Crippen molar-refractivity contribution in [2.45, 2.75) is 13.1 Å². The molecule has 126 valence electrons. The van der Waals surface area contributed by atoms with Crippen LogP contribution in [0.3, 0.4) is 0 Å². The van der Waals surface area contributed by atoms with Gasteiger partial charge in [0, 0.05) is 0 Å². The van der Waals surface area contributed by atoms with Gasteiger partial charge in [0.2, 0.25) is 0 Å². The Balaban J connectivity index is 1.88. The molecule has 1 N–H and O–H groups in total. The van der Waals surface area contributed by atoms with Gasteiger partial charge in [-0.2, -0.15) is 18.3 Å². The maximum Gasteiger partial charge on any atom is 0.416 e. The van der Waals surface area contributed by atoms with E-state index in [0.717, 1.165) is 23.9 Å². The first-order chi connectivity index (χ1) is 11.4. The van der Waals surface area contributed by atoms with Crippen molar-refractivity contribution in [3.05, 3.63) is 65.2 Å². The van der Waals surface area contributed by atoms with E-state index in [2.05, 4.69) is 10.5 Å². The summed E-state index contributed by atoms with van der Waals surface area (Å²) in [6.07, 6.45) is -3.28. The maximum absolute atomic E-state index is 12.6. The highest BCUT2D eigenvalue weighted by Crippen LogP contribution is 2.29. The topological polar surface area (TPSA) is 50.7 Å². The molecule has 0 saturated carbocycles. The lowest BCUT2D eigenvalue weighted by molar-refractivity contribution is -0.137. The molecule has 2 aromatic rings. The lowest BCUT2D eigenvalue weighted by Crippen LogP contribution is -2.24. The summed E-state index contributed by atoms with van der Waals surface area (Å²) in [5, 5.41) is 3.63. The molecular weight excluding hydrogens is 321 g/mol. The van der Waals surface area contributed by atoms with Crippen LogP contribution < -0.4 is 10.2 Å². The molecule has 0 aromatic heterocycles. The van der Waals surface area contributed by atoms with Gasteiger partial charge in [0.25, 0.3) is 5.91 Å². The molecule has 1 amide bonds. The van der Waals surface area contributed by atoms with E-state index >= 15 is 0 Å². The van der Waals surface area contributed by atoms with E-state index in [0.29, 0.717) is 5.75 Å². The van der Waals surface area contributed by atoms with Gasteiger partial charge in [-0.1, -0.05) is 30.3 Å². The molecule has 0 aliphatic carbocycles. The molecule has 0 bridgehead atoms. The molecule has 0 spiro atoms. The summed E-state index contributed by atoms with van der Waals surface area (Å²) in [6, 6.07) is 11.8. The Morgan fingerprint density at radius 3 is 2.67 bits per heavy atom. The van der Waals surface area contributed by atoms with Crippen molar-refractivity contribution in [1.82, 2.24) is 5.43 Å². The van der Waals surface area contributed by atoms with Crippen LogP contribution in [0, 0.1) is 6.92 Å². The molecule has 2 rings (SSSR count). The van der Waals surface area contributed by atoms with Crippen molar-refractivity contribution in [1.29, 1.82) is 0 Å². The smallest absolute Gasteiger partial charge is 0.416 e. The Morgan fingerprint density at radius 2 is 1.96 bits per heavy atom. The van der Waals surface area contributed by atoms with Crippen LogP contribution >= 0.6 is 0 Å². The first-order valence-corrected chi connectivity index (χ1v) is 7.04. The highest BCUT2D eigenvalue weighted by Gasteiger charge is 2.30. The number of aryl methyl sites for hydroxylation is 1. The summed E-state index contributed by atoms with van der Waals surface area (Å²) in [7, 11) is 0. The molecule has 0 unspecified atom stereocenters. The number of nitrogens with zero attached hydrogens (tertiary/aromatic N) is 1. The van der Waals surface area contributed by atoms with Crippen LogP contribution in [0.5, 0.6) is 5.75 Å². The van der Waals surface area contributed by atoms with Gasteiger partial charge in [-0.3, -0.25) is 4.79 Å². The summed E-state index contributed by atoms with van der Waals surface area (Å²) in [6.45, 7) is 1.60. The predicted molar refractivity (Wildman–Crippen MR) is 83.9 cm³/mol. The zero-order valence-electron chi connectivity index (χ0n) is 12.8. The Kier molecular flexibility index (Phi) is 5.57. The van der Waals surface area contributed by atoms with Crippen molar-refractivity contribution in [2.24, 2.45) is 5.10 Å². The van der Waals surface area contributed by atoms with Crippen molar-refractivity contribution in [3.63, 3.8) is 0 Å². The highest BCUT2D eigenvalue weighted by atomic mass is 19.4. The number of carbonyl (C=O) groups excluding carboxylic acids is 1. The molecule has 24 heavy (non-hydrogen) atoms. The lowest BCUT2D eigenvalue weighted by atomic mass is 10.1. The number of halogens is 3. The molecular formula is C17H15F3N2O2. The third-order valence-electron chi connectivity index (χ3n) is 3.07. The first-order valence-electron chi connectivity index (χ1n) is 7.04. The number of hydrogen-bond acceptors (Lipinski definition) is 3. The number of para-hydroxylation sites is 1. The fourth-order valence-electron chi connectivity index (χ4n) is 1.87. The number of hydrazone groups is 1. The number of rotatable bonds is 5. The molecule has 0 aliphatic rings. The lowest BCUT2D eigenvalue weighted by Gasteiger charge is -2.07. The second-order valence-corrected chi connectivity index (χ2v) is 4.97. The van der Waals surface area contributed by atoms with Gasteiger partial charge in [-0.15, -0.1) is 0 Å². The third kappa shape index (κ3) is 5.12. The van der Waals surface area contributed by atoms with Gasteiger partial charge in [0.15, 0.2) is 6.61 Å². The summed E-state index contributed by atoms with van der Waals surface area (Å²) in [5.74, 6) is 0.0657. The normalized spacial score (nSPS) is 11.5. The third-order valence-corrected chi connectivity index (χ3v) is 3.07. The Labute approximate surface area is 137 Å². The minimum Gasteiger partial charge on any atom is -0.483 e. The van der Waals surface area contributed by atoms with Crippen molar-refractivity contribution >= 4 is 12.1 Å². The number of hydrogen-bond donors (Lipinski definition) is 1. The number of carbonyl (C=O) groups is 1. The Hall–Kier alpha value is -2.83. The molecule has 0 saturated heterocycles. The Bertz CT molecular complexity index is 743. The van der Waals surface area contributed by atoms with E-state index in [9.17, 15) is 18.0 Å². The predicted octanol–water partition coefficient (Wildman–Crippen LogP) is 3.54. The van der Waals surface area contributed by atoms with Crippen molar-refractivity contribution in [3.8, 4) is 5.75 Å². The molecule has 0 atom stereocenters. The van der Waals surface area contributed by atoms with Gasteiger partial charge >= 0.3 is 6.18 Å². The van der Waals surface area contributed by atoms with Gasteiger partial charge in [-0.25, -0.2) is 5.43 Å². The SMILES string of the molecule is Cc1ccccc1OCC(=O)N/N=C/c1cccc(C(F)(F)F)c1. The summed E-state index contributed by atoms with van der Waals surface area (Å²) >= 11 is 0. The summed E-state index contributed by atoms with van der Waals surface area (Å²) in [5.41, 5.74) is 2.54. The van der Waals surface area contributed by atoms with E-state index in [1.807, 2.05) is 19.1 Å².